The summed E-state index contributed by atoms with van der Waals surface area (Å²) in [5.41, 5.74) is 1.98. The van der Waals surface area contributed by atoms with Gasteiger partial charge in [0, 0.05) is 12.6 Å². The molecule has 1 fully saturated rings. The molecular weight excluding hydrogens is 533 g/mol. The summed E-state index contributed by atoms with van der Waals surface area (Å²) >= 11 is 12.5. The molecule has 1 atom stereocenters. The highest BCUT2D eigenvalue weighted by molar-refractivity contribution is 7.92. The average Bonchev–Trinajstić information content (AvgIpc) is 2.84. The molecule has 7 nitrogen and oxygen atoms in total. The second-order valence-electron chi connectivity index (χ2n) is 9.62. The van der Waals surface area contributed by atoms with Gasteiger partial charge >= 0.3 is 0 Å². The Morgan fingerprint density at radius 2 is 1.76 bits per heavy atom. The smallest absolute Gasteiger partial charge is 0.244 e. The van der Waals surface area contributed by atoms with E-state index in [1.807, 2.05) is 38.1 Å². The molecule has 0 aliphatic heterocycles. The summed E-state index contributed by atoms with van der Waals surface area (Å²) in [6, 6.07) is 11.6. The molecule has 202 valence electrons. The molecule has 3 rings (SSSR count). The minimum Gasteiger partial charge on any atom is -0.352 e. The average molecular weight is 569 g/mol. The molecule has 0 aromatic heterocycles. The molecular formula is C27H35Cl2N3O4S. The first kappa shape index (κ1) is 29.3. The van der Waals surface area contributed by atoms with E-state index in [4.69, 9.17) is 23.2 Å². The normalized spacial score (nSPS) is 15.2. The molecule has 1 saturated carbocycles. The third-order valence-electron chi connectivity index (χ3n) is 6.65. The van der Waals surface area contributed by atoms with E-state index < -0.39 is 28.5 Å². The van der Waals surface area contributed by atoms with Crippen molar-refractivity contribution in [3.63, 3.8) is 0 Å². The molecule has 1 N–H and O–H groups in total. The van der Waals surface area contributed by atoms with Crippen LogP contribution < -0.4 is 9.62 Å². The highest BCUT2D eigenvalue weighted by atomic mass is 35.5. The summed E-state index contributed by atoms with van der Waals surface area (Å²) in [5, 5.41) is 3.34. The highest BCUT2D eigenvalue weighted by Gasteiger charge is 2.33. The molecule has 37 heavy (non-hydrogen) atoms. The molecule has 0 unspecified atom stereocenters. The van der Waals surface area contributed by atoms with Crippen LogP contribution in [0.15, 0.2) is 42.5 Å². The fraction of sp³-hybridized carbons (Fsp3) is 0.481. The number of carbonyl (C=O) groups is 2. The van der Waals surface area contributed by atoms with Crippen molar-refractivity contribution in [1.29, 1.82) is 0 Å². The van der Waals surface area contributed by atoms with Crippen molar-refractivity contribution < 1.29 is 18.0 Å². The van der Waals surface area contributed by atoms with Gasteiger partial charge in [-0.2, -0.15) is 0 Å². The van der Waals surface area contributed by atoms with Crippen molar-refractivity contribution in [1.82, 2.24) is 10.2 Å². The number of aryl methyl sites for hydroxylation is 1. The largest absolute Gasteiger partial charge is 0.352 e. The molecule has 10 heteroatoms. The van der Waals surface area contributed by atoms with Gasteiger partial charge in [-0.25, -0.2) is 8.42 Å². The van der Waals surface area contributed by atoms with Gasteiger partial charge < -0.3 is 10.2 Å². The summed E-state index contributed by atoms with van der Waals surface area (Å²) in [6.07, 6.45) is 6.53. The van der Waals surface area contributed by atoms with E-state index >= 15 is 0 Å². The van der Waals surface area contributed by atoms with Crippen LogP contribution in [0.25, 0.3) is 0 Å². The van der Waals surface area contributed by atoms with Gasteiger partial charge in [-0.1, -0.05) is 85.3 Å². The Balaban J connectivity index is 1.94. The fourth-order valence-electron chi connectivity index (χ4n) is 4.75. The van der Waals surface area contributed by atoms with Crippen molar-refractivity contribution in [2.75, 3.05) is 17.1 Å². The second kappa shape index (κ2) is 13.0. The lowest BCUT2D eigenvalue weighted by Crippen LogP contribution is -2.54. The van der Waals surface area contributed by atoms with Gasteiger partial charge in [0.1, 0.15) is 12.6 Å². The van der Waals surface area contributed by atoms with Crippen LogP contribution in [0.3, 0.4) is 0 Å². The first-order valence-electron chi connectivity index (χ1n) is 12.6. The lowest BCUT2D eigenvalue weighted by molar-refractivity contribution is -0.140. The Morgan fingerprint density at radius 1 is 1.08 bits per heavy atom. The van der Waals surface area contributed by atoms with Gasteiger partial charge in [-0.3, -0.25) is 13.9 Å². The zero-order valence-corrected chi connectivity index (χ0v) is 23.9. The monoisotopic (exact) mass is 567 g/mol. The lowest BCUT2D eigenvalue weighted by atomic mass is 9.95. The Labute approximate surface area is 230 Å². The van der Waals surface area contributed by atoms with Gasteiger partial charge in [0.15, 0.2) is 0 Å². The van der Waals surface area contributed by atoms with Crippen LogP contribution >= 0.6 is 23.2 Å². The van der Waals surface area contributed by atoms with Crippen LogP contribution in [0.1, 0.15) is 56.6 Å². The molecule has 2 amide bonds. The maximum atomic E-state index is 13.8. The van der Waals surface area contributed by atoms with Crippen LogP contribution in [0, 0.1) is 6.92 Å². The number of sulfonamides is 1. The minimum atomic E-state index is -3.90. The number of nitrogens with zero attached hydrogens (tertiary/aromatic N) is 2. The SMILES string of the molecule is CC[C@@H](C(=O)NC1CCCCC1)N(Cc1cccc(C)c1)C(=O)CN(c1cccc(Cl)c1Cl)S(C)(=O)=O. The molecule has 0 spiro atoms. The Bertz CT molecular complexity index is 1220. The zero-order chi connectivity index (χ0) is 27.2. The highest BCUT2D eigenvalue weighted by Crippen LogP contribution is 2.34. The molecule has 2 aromatic rings. The number of benzene rings is 2. The predicted octanol–water partition coefficient (Wildman–Crippen LogP) is 5.32. The molecule has 1 aliphatic rings. The third kappa shape index (κ3) is 7.85. The molecule has 0 saturated heterocycles. The minimum absolute atomic E-state index is 0.0368. The van der Waals surface area contributed by atoms with Crippen molar-refractivity contribution in [2.45, 2.75) is 71.0 Å². The van der Waals surface area contributed by atoms with E-state index in [1.165, 1.54) is 11.0 Å². The van der Waals surface area contributed by atoms with Gasteiger partial charge in [-0.15, -0.1) is 0 Å². The number of anilines is 1. The van der Waals surface area contributed by atoms with Crippen LogP contribution in [0.2, 0.25) is 10.0 Å². The molecule has 0 heterocycles. The standard InChI is InChI=1S/C27H35Cl2N3O4S/c1-4-23(27(34)30-21-12-6-5-7-13-21)31(17-20-11-8-10-19(2)16-20)25(33)18-32(37(3,35)36)24-15-9-14-22(28)26(24)29/h8-11,14-16,21,23H,4-7,12-13,17-18H2,1-3H3,(H,30,34)/t23-/m0/s1. The first-order chi connectivity index (χ1) is 17.5. The Kier molecular flexibility index (Phi) is 10.3. The van der Waals surface area contributed by atoms with E-state index in [0.29, 0.717) is 6.42 Å². The zero-order valence-electron chi connectivity index (χ0n) is 21.5. The predicted molar refractivity (Wildman–Crippen MR) is 149 cm³/mol. The molecule has 1 aliphatic carbocycles. The molecule has 2 aromatic carbocycles. The molecule has 0 radical (unpaired) electrons. The summed E-state index contributed by atoms with van der Waals surface area (Å²) in [4.78, 5) is 28.7. The van der Waals surface area contributed by atoms with Crippen LogP contribution in [-0.4, -0.2) is 50.0 Å². The van der Waals surface area contributed by atoms with Gasteiger partial charge in [0.25, 0.3) is 0 Å². The first-order valence-corrected chi connectivity index (χ1v) is 15.2. The summed E-state index contributed by atoms with van der Waals surface area (Å²) < 4.78 is 26.5. The Hall–Kier alpha value is -2.29. The van der Waals surface area contributed by atoms with Gasteiger partial charge in [-0.05, 0) is 43.9 Å². The van der Waals surface area contributed by atoms with Crippen molar-refractivity contribution in [2.24, 2.45) is 0 Å². The second-order valence-corrected chi connectivity index (χ2v) is 12.3. The van der Waals surface area contributed by atoms with E-state index in [9.17, 15) is 18.0 Å². The number of rotatable bonds is 10. The van der Waals surface area contributed by atoms with E-state index in [2.05, 4.69) is 5.32 Å². The number of hydrogen-bond donors (Lipinski definition) is 1. The summed E-state index contributed by atoms with van der Waals surface area (Å²) in [7, 11) is -3.90. The van der Waals surface area contributed by atoms with Crippen LogP contribution in [0.5, 0.6) is 0 Å². The van der Waals surface area contributed by atoms with Crippen molar-refractivity contribution in [3.05, 3.63) is 63.6 Å². The fourth-order valence-corrected chi connectivity index (χ4v) is 6.05. The van der Waals surface area contributed by atoms with Crippen LogP contribution in [-0.2, 0) is 26.2 Å². The number of carbonyl (C=O) groups excluding carboxylic acids is 2. The van der Waals surface area contributed by atoms with Gasteiger partial charge in [0.05, 0.1) is 22.0 Å². The topological polar surface area (TPSA) is 86.8 Å². The van der Waals surface area contributed by atoms with E-state index in [0.717, 1.165) is 53.8 Å². The van der Waals surface area contributed by atoms with E-state index in [-0.39, 0.29) is 34.2 Å². The number of nitrogens with one attached hydrogen (secondary N) is 1. The van der Waals surface area contributed by atoms with Gasteiger partial charge in [0.2, 0.25) is 21.8 Å². The van der Waals surface area contributed by atoms with Crippen molar-refractivity contribution in [3.8, 4) is 0 Å². The maximum Gasteiger partial charge on any atom is 0.244 e. The Morgan fingerprint density at radius 3 is 2.38 bits per heavy atom. The van der Waals surface area contributed by atoms with Crippen LogP contribution in [0.4, 0.5) is 5.69 Å². The number of amides is 2. The lowest BCUT2D eigenvalue weighted by Gasteiger charge is -2.34. The molecule has 0 bridgehead atoms. The maximum absolute atomic E-state index is 13.8. The summed E-state index contributed by atoms with van der Waals surface area (Å²) in [6.45, 7) is 3.45. The number of halogens is 2. The number of hydrogen-bond acceptors (Lipinski definition) is 4. The van der Waals surface area contributed by atoms with E-state index in [1.54, 1.807) is 12.1 Å². The quantitative estimate of drug-likeness (QED) is 0.420. The third-order valence-corrected chi connectivity index (χ3v) is 8.59. The van der Waals surface area contributed by atoms with Crippen molar-refractivity contribution >= 4 is 50.7 Å². The summed E-state index contributed by atoms with van der Waals surface area (Å²) in [5.74, 6) is -0.726.